The lowest BCUT2D eigenvalue weighted by Gasteiger charge is -2.10. The molecule has 1 rings (SSSR count). The van der Waals surface area contributed by atoms with Gasteiger partial charge in [-0.1, -0.05) is 0 Å². The number of aromatic nitrogens is 2. The third-order valence-electron chi connectivity index (χ3n) is 2.04. The summed E-state index contributed by atoms with van der Waals surface area (Å²) in [6.45, 7) is 0.741. The molecule has 1 heterocycles. The number of nitrogen functional groups attached to an aromatic ring is 1. The summed E-state index contributed by atoms with van der Waals surface area (Å²) in [5.41, 5.74) is 5.57. The van der Waals surface area contributed by atoms with E-state index in [1.165, 1.54) is 0 Å². The lowest BCUT2D eigenvalue weighted by Crippen LogP contribution is -2.21. The van der Waals surface area contributed by atoms with Gasteiger partial charge in [0.15, 0.2) is 5.95 Å². The minimum absolute atomic E-state index is 0.142. The van der Waals surface area contributed by atoms with E-state index < -0.39 is 0 Å². The molecular formula is C9H16N4O. The van der Waals surface area contributed by atoms with Crippen LogP contribution in [0.4, 0.5) is 5.95 Å². The molecule has 5 heteroatoms. The Hall–Kier alpha value is -1.52. The topological polar surface area (TPSA) is 64.2 Å². The summed E-state index contributed by atoms with van der Waals surface area (Å²) >= 11 is 0. The molecule has 5 nitrogen and oxygen atoms in total. The van der Waals surface area contributed by atoms with Crippen molar-refractivity contribution in [2.45, 2.75) is 19.4 Å². The van der Waals surface area contributed by atoms with Gasteiger partial charge in [0.25, 0.3) is 0 Å². The van der Waals surface area contributed by atoms with E-state index >= 15 is 0 Å². The number of hydrogen-bond acceptors (Lipinski definition) is 3. The molecule has 0 aliphatic rings. The molecule has 0 unspecified atom stereocenters. The Kier molecular flexibility index (Phi) is 3.50. The van der Waals surface area contributed by atoms with Gasteiger partial charge in [-0.3, -0.25) is 4.79 Å². The van der Waals surface area contributed by atoms with Crippen molar-refractivity contribution >= 4 is 11.9 Å². The van der Waals surface area contributed by atoms with E-state index in [4.69, 9.17) is 5.73 Å². The number of carbonyl (C=O) groups is 1. The summed E-state index contributed by atoms with van der Waals surface area (Å²) < 4.78 is 1.84. The lowest BCUT2D eigenvalue weighted by molar-refractivity contribution is -0.128. The Morgan fingerprint density at radius 2 is 2.36 bits per heavy atom. The van der Waals surface area contributed by atoms with Gasteiger partial charge in [0.2, 0.25) is 5.91 Å². The summed E-state index contributed by atoms with van der Waals surface area (Å²) in [5.74, 6) is 0.644. The van der Waals surface area contributed by atoms with Crippen LogP contribution in [-0.4, -0.2) is 34.5 Å². The first-order chi connectivity index (χ1) is 6.61. The van der Waals surface area contributed by atoms with Crippen molar-refractivity contribution < 1.29 is 4.79 Å². The van der Waals surface area contributed by atoms with E-state index in [0.29, 0.717) is 12.4 Å². The summed E-state index contributed by atoms with van der Waals surface area (Å²) in [5, 5.41) is 0. The molecule has 0 saturated heterocycles. The number of nitrogens with zero attached hydrogens (tertiary/aromatic N) is 3. The second-order valence-electron chi connectivity index (χ2n) is 3.37. The van der Waals surface area contributed by atoms with Gasteiger partial charge in [-0.25, -0.2) is 4.98 Å². The van der Waals surface area contributed by atoms with E-state index in [-0.39, 0.29) is 5.91 Å². The minimum atomic E-state index is 0.142. The zero-order valence-corrected chi connectivity index (χ0v) is 8.60. The largest absolute Gasteiger partial charge is 0.369 e. The van der Waals surface area contributed by atoms with Crippen LogP contribution in [0.3, 0.4) is 0 Å². The number of imidazole rings is 1. The molecule has 2 N–H and O–H groups in total. The fourth-order valence-electron chi connectivity index (χ4n) is 1.15. The fourth-order valence-corrected chi connectivity index (χ4v) is 1.15. The molecule has 0 aliphatic carbocycles. The standard InChI is InChI=1S/C9H16N4O/c1-12(2)8(14)4-3-6-13-7-5-11-9(13)10/h5,7H,3-4,6H2,1-2H3,(H2,10,11). The van der Waals surface area contributed by atoms with Crippen molar-refractivity contribution in [2.75, 3.05) is 19.8 Å². The maximum atomic E-state index is 11.2. The zero-order valence-electron chi connectivity index (χ0n) is 8.60. The number of hydrogen-bond donors (Lipinski definition) is 1. The molecule has 1 aromatic heterocycles. The molecule has 0 atom stereocenters. The van der Waals surface area contributed by atoms with Crippen LogP contribution in [0, 0.1) is 0 Å². The number of anilines is 1. The Bertz CT molecular complexity index is 306. The van der Waals surface area contributed by atoms with E-state index in [2.05, 4.69) is 4.98 Å². The first-order valence-corrected chi connectivity index (χ1v) is 4.58. The molecule has 1 amide bonds. The Labute approximate surface area is 83.5 Å². The minimum Gasteiger partial charge on any atom is -0.369 e. The molecule has 0 aliphatic heterocycles. The van der Waals surface area contributed by atoms with Crippen LogP contribution in [0.15, 0.2) is 12.4 Å². The number of amides is 1. The van der Waals surface area contributed by atoms with Crippen LogP contribution in [0.25, 0.3) is 0 Å². The van der Waals surface area contributed by atoms with Gasteiger partial charge < -0.3 is 15.2 Å². The molecular weight excluding hydrogens is 180 g/mol. The molecule has 14 heavy (non-hydrogen) atoms. The first-order valence-electron chi connectivity index (χ1n) is 4.58. The van der Waals surface area contributed by atoms with Gasteiger partial charge in [-0.15, -0.1) is 0 Å². The molecule has 0 aromatic carbocycles. The van der Waals surface area contributed by atoms with Crippen LogP contribution in [-0.2, 0) is 11.3 Å². The van der Waals surface area contributed by atoms with Gasteiger partial charge in [0, 0.05) is 39.5 Å². The summed E-state index contributed by atoms with van der Waals surface area (Å²) in [7, 11) is 3.52. The quantitative estimate of drug-likeness (QED) is 0.755. The highest BCUT2D eigenvalue weighted by atomic mass is 16.2. The molecule has 0 radical (unpaired) electrons. The van der Waals surface area contributed by atoms with Gasteiger partial charge in [-0.2, -0.15) is 0 Å². The SMILES string of the molecule is CN(C)C(=O)CCCn1ccnc1N. The summed E-state index contributed by atoms with van der Waals surface area (Å²) in [6.07, 6.45) is 4.81. The normalized spacial score (nSPS) is 10.1. The van der Waals surface area contributed by atoms with E-state index in [1.807, 2.05) is 10.8 Å². The van der Waals surface area contributed by atoms with Crippen molar-refractivity contribution in [1.82, 2.24) is 14.5 Å². The van der Waals surface area contributed by atoms with Crippen molar-refractivity contribution in [3.8, 4) is 0 Å². The van der Waals surface area contributed by atoms with Gasteiger partial charge in [0.05, 0.1) is 0 Å². The highest BCUT2D eigenvalue weighted by Gasteiger charge is 2.04. The third kappa shape index (κ3) is 2.76. The van der Waals surface area contributed by atoms with Crippen LogP contribution in [0.5, 0.6) is 0 Å². The Morgan fingerprint density at radius 1 is 1.64 bits per heavy atom. The molecule has 0 saturated carbocycles. The summed E-state index contributed by atoms with van der Waals surface area (Å²) in [4.78, 5) is 16.7. The fraction of sp³-hybridized carbons (Fsp3) is 0.556. The van der Waals surface area contributed by atoms with Crippen molar-refractivity contribution in [3.63, 3.8) is 0 Å². The summed E-state index contributed by atoms with van der Waals surface area (Å²) in [6, 6.07) is 0. The second-order valence-corrected chi connectivity index (χ2v) is 3.37. The molecule has 0 spiro atoms. The van der Waals surface area contributed by atoms with Crippen molar-refractivity contribution in [1.29, 1.82) is 0 Å². The maximum Gasteiger partial charge on any atom is 0.222 e. The zero-order chi connectivity index (χ0) is 10.6. The second kappa shape index (κ2) is 4.64. The lowest BCUT2D eigenvalue weighted by atomic mass is 10.3. The average Bonchev–Trinajstić information content (AvgIpc) is 2.51. The smallest absolute Gasteiger partial charge is 0.222 e. The van der Waals surface area contributed by atoms with Gasteiger partial charge in [-0.05, 0) is 6.42 Å². The predicted octanol–water partition coefficient (Wildman–Crippen LogP) is 0.334. The van der Waals surface area contributed by atoms with E-state index in [1.54, 1.807) is 25.2 Å². The number of rotatable bonds is 4. The van der Waals surface area contributed by atoms with Crippen LogP contribution in [0.1, 0.15) is 12.8 Å². The van der Waals surface area contributed by atoms with Crippen molar-refractivity contribution in [2.24, 2.45) is 0 Å². The molecule has 78 valence electrons. The Balaban J connectivity index is 2.29. The number of aryl methyl sites for hydroxylation is 1. The van der Waals surface area contributed by atoms with Gasteiger partial charge >= 0.3 is 0 Å². The van der Waals surface area contributed by atoms with Gasteiger partial charge in [0.1, 0.15) is 0 Å². The molecule has 0 bridgehead atoms. The highest BCUT2D eigenvalue weighted by molar-refractivity contribution is 5.75. The molecule has 0 fully saturated rings. The number of nitrogens with two attached hydrogens (primary N) is 1. The third-order valence-corrected chi connectivity index (χ3v) is 2.04. The highest BCUT2D eigenvalue weighted by Crippen LogP contribution is 2.02. The monoisotopic (exact) mass is 196 g/mol. The van der Waals surface area contributed by atoms with Crippen LogP contribution >= 0.6 is 0 Å². The first kappa shape index (κ1) is 10.6. The number of carbonyl (C=O) groups excluding carboxylic acids is 1. The van der Waals surface area contributed by atoms with Crippen LogP contribution in [0.2, 0.25) is 0 Å². The maximum absolute atomic E-state index is 11.2. The average molecular weight is 196 g/mol. The van der Waals surface area contributed by atoms with Crippen molar-refractivity contribution in [3.05, 3.63) is 12.4 Å². The van der Waals surface area contributed by atoms with E-state index in [0.717, 1.165) is 13.0 Å². The Morgan fingerprint density at radius 3 is 2.86 bits per heavy atom. The van der Waals surface area contributed by atoms with Crippen LogP contribution < -0.4 is 5.73 Å². The molecule has 1 aromatic rings. The van der Waals surface area contributed by atoms with E-state index in [9.17, 15) is 4.79 Å². The predicted molar refractivity (Wildman–Crippen MR) is 54.6 cm³/mol.